The average Bonchev–Trinajstić information content (AvgIpc) is 2.33. The van der Waals surface area contributed by atoms with E-state index in [1.807, 2.05) is 0 Å². The molecule has 0 amide bonds. The van der Waals surface area contributed by atoms with Crippen molar-refractivity contribution in [1.82, 2.24) is 4.98 Å². The molecule has 0 aliphatic carbocycles. The van der Waals surface area contributed by atoms with Crippen molar-refractivity contribution >= 4 is 5.78 Å². The van der Waals surface area contributed by atoms with E-state index in [-0.39, 0.29) is 11.6 Å². The first kappa shape index (κ1) is 12.2. The fourth-order valence-corrected chi connectivity index (χ4v) is 1.50. The second kappa shape index (κ2) is 4.96. The fraction of sp³-hybridized carbons (Fsp3) is 0.143. The van der Waals surface area contributed by atoms with Crippen molar-refractivity contribution in [2.75, 3.05) is 0 Å². The molecule has 0 saturated carbocycles. The van der Waals surface area contributed by atoms with E-state index in [2.05, 4.69) is 4.98 Å². The third-order valence-electron chi connectivity index (χ3n) is 2.46. The third-order valence-corrected chi connectivity index (χ3v) is 2.46. The molecule has 1 heterocycles. The monoisotopic (exact) mass is 245 g/mol. The molecule has 4 heteroatoms. The van der Waals surface area contributed by atoms with Crippen LogP contribution < -0.4 is 4.74 Å². The minimum absolute atomic E-state index is 0.0977. The van der Waals surface area contributed by atoms with Crippen LogP contribution >= 0.6 is 0 Å². The van der Waals surface area contributed by atoms with E-state index in [9.17, 15) is 9.18 Å². The summed E-state index contributed by atoms with van der Waals surface area (Å²) in [5, 5.41) is 0. The second-order valence-electron chi connectivity index (χ2n) is 3.95. The highest BCUT2D eigenvalue weighted by atomic mass is 19.1. The Bertz CT molecular complexity index is 579. The van der Waals surface area contributed by atoms with Crippen LogP contribution in [0.1, 0.15) is 23.0 Å². The summed E-state index contributed by atoms with van der Waals surface area (Å²) in [6.07, 6.45) is 1.47. The Hall–Kier alpha value is -2.23. The first-order valence-corrected chi connectivity index (χ1v) is 5.47. The molecule has 1 aromatic carbocycles. The number of benzene rings is 1. The van der Waals surface area contributed by atoms with Crippen LogP contribution in [-0.4, -0.2) is 10.8 Å². The van der Waals surface area contributed by atoms with Crippen LogP contribution in [0, 0.1) is 12.7 Å². The first-order chi connectivity index (χ1) is 8.56. The van der Waals surface area contributed by atoms with E-state index >= 15 is 0 Å². The van der Waals surface area contributed by atoms with Crippen molar-refractivity contribution in [2.45, 2.75) is 13.8 Å². The van der Waals surface area contributed by atoms with Crippen molar-refractivity contribution in [3.63, 3.8) is 0 Å². The maximum Gasteiger partial charge on any atom is 0.178 e. The Morgan fingerprint density at radius 2 is 2.06 bits per heavy atom. The summed E-state index contributed by atoms with van der Waals surface area (Å²) in [4.78, 5) is 15.0. The van der Waals surface area contributed by atoms with Gasteiger partial charge in [0, 0.05) is 6.92 Å². The molecule has 0 radical (unpaired) electrons. The van der Waals surface area contributed by atoms with Crippen LogP contribution in [0.25, 0.3) is 0 Å². The summed E-state index contributed by atoms with van der Waals surface area (Å²) in [6, 6.07) is 7.54. The fourth-order valence-electron chi connectivity index (χ4n) is 1.50. The van der Waals surface area contributed by atoms with E-state index in [4.69, 9.17) is 4.74 Å². The van der Waals surface area contributed by atoms with Crippen LogP contribution in [-0.2, 0) is 0 Å². The van der Waals surface area contributed by atoms with E-state index in [1.54, 1.807) is 25.1 Å². The molecule has 0 aliphatic rings. The predicted octanol–water partition coefficient (Wildman–Crippen LogP) is 3.52. The summed E-state index contributed by atoms with van der Waals surface area (Å²) in [7, 11) is 0. The van der Waals surface area contributed by atoms with Gasteiger partial charge >= 0.3 is 0 Å². The maximum atomic E-state index is 12.9. The Morgan fingerprint density at radius 3 is 2.61 bits per heavy atom. The van der Waals surface area contributed by atoms with Gasteiger partial charge in [-0.1, -0.05) is 0 Å². The molecule has 0 bridgehead atoms. The molecule has 0 fully saturated rings. The summed E-state index contributed by atoms with van der Waals surface area (Å²) >= 11 is 0. The Kier molecular flexibility index (Phi) is 3.37. The lowest BCUT2D eigenvalue weighted by molar-refractivity contribution is 0.101. The quantitative estimate of drug-likeness (QED) is 0.776. The number of carbonyl (C=O) groups is 1. The van der Waals surface area contributed by atoms with Crippen LogP contribution in [0.4, 0.5) is 4.39 Å². The highest BCUT2D eigenvalue weighted by Crippen LogP contribution is 2.24. The molecule has 3 nitrogen and oxygen atoms in total. The average molecular weight is 245 g/mol. The van der Waals surface area contributed by atoms with Crippen molar-refractivity contribution in [2.24, 2.45) is 0 Å². The normalized spacial score (nSPS) is 10.2. The Labute approximate surface area is 104 Å². The topological polar surface area (TPSA) is 39.2 Å². The van der Waals surface area contributed by atoms with Gasteiger partial charge in [-0.05, 0) is 42.8 Å². The predicted molar refractivity (Wildman–Crippen MR) is 65.5 cm³/mol. The van der Waals surface area contributed by atoms with Crippen LogP contribution in [0.5, 0.6) is 11.5 Å². The molecule has 0 atom stereocenters. The van der Waals surface area contributed by atoms with Gasteiger partial charge < -0.3 is 4.74 Å². The van der Waals surface area contributed by atoms with Gasteiger partial charge in [0.2, 0.25) is 0 Å². The van der Waals surface area contributed by atoms with Gasteiger partial charge in [-0.2, -0.15) is 0 Å². The number of hydrogen-bond acceptors (Lipinski definition) is 3. The third kappa shape index (κ3) is 2.71. The molecule has 0 saturated heterocycles. The molecular weight excluding hydrogens is 233 g/mol. The zero-order valence-corrected chi connectivity index (χ0v) is 10.1. The van der Waals surface area contributed by atoms with Gasteiger partial charge in [-0.3, -0.25) is 4.79 Å². The summed E-state index contributed by atoms with van der Waals surface area (Å²) in [5.74, 6) is 0.674. The maximum absolute atomic E-state index is 12.9. The standard InChI is InChI=1S/C14H12FNO2/c1-9-7-11(15)3-6-14(9)18-12-4-5-13(10(2)17)16-8-12/h3-8H,1-2H3. The van der Waals surface area contributed by atoms with Gasteiger partial charge in [-0.25, -0.2) is 9.37 Å². The number of ether oxygens (including phenoxy) is 1. The van der Waals surface area contributed by atoms with Crippen molar-refractivity contribution in [1.29, 1.82) is 0 Å². The molecular formula is C14H12FNO2. The number of Topliss-reactive ketones (excluding diaryl/α,β-unsaturated/α-hetero) is 1. The largest absolute Gasteiger partial charge is 0.455 e. The summed E-state index contributed by atoms with van der Waals surface area (Å²) in [6.45, 7) is 3.21. The van der Waals surface area contributed by atoms with E-state index < -0.39 is 0 Å². The van der Waals surface area contributed by atoms with Crippen molar-refractivity contribution < 1.29 is 13.9 Å². The second-order valence-corrected chi connectivity index (χ2v) is 3.95. The minimum atomic E-state index is -0.301. The van der Waals surface area contributed by atoms with Gasteiger partial charge in [-0.15, -0.1) is 0 Å². The number of aromatic nitrogens is 1. The van der Waals surface area contributed by atoms with Crippen LogP contribution in [0.15, 0.2) is 36.5 Å². The first-order valence-electron chi connectivity index (χ1n) is 5.47. The van der Waals surface area contributed by atoms with Crippen molar-refractivity contribution in [3.8, 4) is 11.5 Å². The molecule has 18 heavy (non-hydrogen) atoms. The molecule has 0 aliphatic heterocycles. The summed E-state index contributed by atoms with van der Waals surface area (Å²) < 4.78 is 18.5. The van der Waals surface area contributed by atoms with Crippen molar-refractivity contribution in [3.05, 3.63) is 53.6 Å². The van der Waals surface area contributed by atoms with Gasteiger partial charge in [0.05, 0.1) is 6.20 Å². The zero-order chi connectivity index (χ0) is 13.1. The highest BCUT2D eigenvalue weighted by Gasteiger charge is 2.05. The lowest BCUT2D eigenvalue weighted by Gasteiger charge is -2.08. The number of halogens is 1. The Balaban J connectivity index is 2.21. The Morgan fingerprint density at radius 1 is 1.28 bits per heavy atom. The lowest BCUT2D eigenvalue weighted by atomic mass is 10.2. The number of nitrogens with zero attached hydrogens (tertiary/aromatic N) is 1. The minimum Gasteiger partial charge on any atom is -0.455 e. The highest BCUT2D eigenvalue weighted by molar-refractivity contribution is 5.92. The van der Waals surface area contributed by atoms with Gasteiger partial charge in [0.25, 0.3) is 0 Å². The SMILES string of the molecule is CC(=O)c1ccc(Oc2ccc(F)cc2C)cn1. The number of aryl methyl sites for hydroxylation is 1. The zero-order valence-electron chi connectivity index (χ0n) is 10.1. The number of rotatable bonds is 3. The molecule has 0 N–H and O–H groups in total. The number of hydrogen-bond donors (Lipinski definition) is 0. The number of ketones is 1. The van der Waals surface area contributed by atoms with E-state index in [0.717, 1.165) is 0 Å². The number of carbonyl (C=O) groups excluding carboxylic acids is 1. The smallest absolute Gasteiger partial charge is 0.178 e. The number of pyridine rings is 1. The molecule has 0 unspecified atom stereocenters. The lowest BCUT2D eigenvalue weighted by Crippen LogP contribution is -1.96. The van der Waals surface area contributed by atoms with E-state index in [1.165, 1.54) is 25.3 Å². The molecule has 92 valence electrons. The molecule has 0 spiro atoms. The van der Waals surface area contributed by atoms with Gasteiger partial charge in [0.1, 0.15) is 23.0 Å². The molecule has 2 rings (SSSR count). The van der Waals surface area contributed by atoms with Crippen LogP contribution in [0.3, 0.4) is 0 Å². The summed E-state index contributed by atoms with van der Waals surface area (Å²) in [5.41, 5.74) is 1.09. The van der Waals surface area contributed by atoms with Crippen LogP contribution in [0.2, 0.25) is 0 Å². The van der Waals surface area contributed by atoms with Gasteiger partial charge in [0.15, 0.2) is 5.78 Å². The molecule has 2 aromatic rings. The molecule has 1 aromatic heterocycles. The van der Waals surface area contributed by atoms with E-state index in [0.29, 0.717) is 22.8 Å².